The van der Waals surface area contributed by atoms with E-state index < -0.39 is 0 Å². The van der Waals surface area contributed by atoms with Gasteiger partial charge in [0.1, 0.15) is 0 Å². The number of hydrogen-bond acceptors (Lipinski definition) is 1. The van der Waals surface area contributed by atoms with Crippen LogP contribution in [0.15, 0.2) is 42.6 Å². The van der Waals surface area contributed by atoms with Crippen LogP contribution in [0, 0.1) is 0 Å². The van der Waals surface area contributed by atoms with E-state index in [1.54, 1.807) is 18.5 Å². The van der Waals surface area contributed by atoms with Crippen molar-refractivity contribution in [2.24, 2.45) is 4.99 Å². The van der Waals surface area contributed by atoms with Crippen LogP contribution in [-0.2, 0) is 0 Å². The summed E-state index contributed by atoms with van der Waals surface area (Å²) in [7, 11) is 0. The molecule has 0 rings (SSSR count). The molecule has 0 saturated heterocycles. The molecule has 0 amide bonds. The van der Waals surface area contributed by atoms with E-state index in [9.17, 15) is 0 Å². The van der Waals surface area contributed by atoms with E-state index in [1.807, 2.05) is 12.2 Å². The summed E-state index contributed by atoms with van der Waals surface area (Å²) in [4.78, 5) is 3.94. The summed E-state index contributed by atoms with van der Waals surface area (Å²) in [6, 6.07) is 0. The molecule has 0 aliphatic carbocycles. The standard InChI is InChI=1S/C10H15N/c1-3-5-6-7-8-10-11-9-4-2/h3-4,8-10H,1-2,5-7H2/b10-8-,11-9-. The maximum atomic E-state index is 3.94. The van der Waals surface area contributed by atoms with Crippen molar-refractivity contribution in [3.05, 3.63) is 37.6 Å². The van der Waals surface area contributed by atoms with Crippen molar-refractivity contribution >= 4 is 6.21 Å². The second kappa shape index (κ2) is 8.89. The van der Waals surface area contributed by atoms with E-state index in [4.69, 9.17) is 0 Å². The Morgan fingerprint density at radius 1 is 1.18 bits per heavy atom. The highest BCUT2D eigenvalue weighted by Crippen LogP contribution is 1.96. The van der Waals surface area contributed by atoms with Gasteiger partial charge in [0, 0.05) is 12.4 Å². The van der Waals surface area contributed by atoms with Gasteiger partial charge in [0.15, 0.2) is 0 Å². The maximum absolute atomic E-state index is 3.94. The number of hydrogen-bond donors (Lipinski definition) is 0. The highest BCUT2D eigenvalue weighted by Gasteiger charge is 1.76. The molecule has 1 nitrogen and oxygen atoms in total. The van der Waals surface area contributed by atoms with Gasteiger partial charge in [-0.3, -0.25) is 4.99 Å². The summed E-state index contributed by atoms with van der Waals surface area (Å²) in [5, 5.41) is 0. The molecule has 0 radical (unpaired) electrons. The molecule has 0 aliphatic heterocycles. The Morgan fingerprint density at radius 3 is 2.64 bits per heavy atom. The number of rotatable bonds is 6. The van der Waals surface area contributed by atoms with Crippen LogP contribution >= 0.6 is 0 Å². The van der Waals surface area contributed by atoms with Crippen LogP contribution < -0.4 is 0 Å². The zero-order valence-electron chi connectivity index (χ0n) is 6.87. The Labute approximate surface area is 68.9 Å². The van der Waals surface area contributed by atoms with Gasteiger partial charge in [-0.15, -0.1) is 6.58 Å². The lowest BCUT2D eigenvalue weighted by Crippen LogP contribution is -1.67. The van der Waals surface area contributed by atoms with Crippen molar-refractivity contribution in [1.29, 1.82) is 0 Å². The lowest BCUT2D eigenvalue weighted by atomic mass is 10.2. The molecule has 60 valence electrons. The Kier molecular flexibility index (Phi) is 7.99. The molecule has 0 bridgehead atoms. The summed E-state index contributed by atoms with van der Waals surface area (Å²) in [5.74, 6) is 0. The highest BCUT2D eigenvalue weighted by atomic mass is 14.6. The van der Waals surface area contributed by atoms with Crippen LogP contribution in [0.1, 0.15) is 19.3 Å². The molecule has 0 N–H and O–H groups in total. The first-order valence-electron chi connectivity index (χ1n) is 3.82. The van der Waals surface area contributed by atoms with Gasteiger partial charge in [-0.05, 0) is 19.3 Å². The zero-order chi connectivity index (χ0) is 8.36. The lowest BCUT2D eigenvalue weighted by molar-refractivity contribution is 0.868. The van der Waals surface area contributed by atoms with Gasteiger partial charge in [0.25, 0.3) is 0 Å². The van der Waals surface area contributed by atoms with E-state index in [2.05, 4.69) is 18.2 Å². The summed E-state index contributed by atoms with van der Waals surface area (Å²) < 4.78 is 0. The molecule has 11 heavy (non-hydrogen) atoms. The molecular formula is C10H15N. The highest BCUT2D eigenvalue weighted by molar-refractivity contribution is 5.70. The van der Waals surface area contributed by atoms with E-state index in [-0.39, 0.29) is 0 Å². The van der Waals surface area contributed by atoms with Crippen molar-refractivity contribution in [3.8, 4) is 0 Å². The number of aliphatic imine (C=N–C) groups is 1. The lowest BCUT2D eigenvalue weighted by Gasteiger charge is -1.86. The van der Waals surface area contributed by atoms with Gasteiger partial charge in [0.05, 0.1) is 0 Å². The molecule has 0 spiro atoms. The zero-order valence-corrected chi connectivity index (χ0v) is 6.87. The monoisotopic (exact) mass is 149 g/mol. The van der Waals surface area contributed by atoms with Crippen molar-refractivity contribution < 1.29 is 0 Å². The Bertz CT molecular complexity index is 154. The molecule has 1 heteroatoms. The molecule has 0 fully saturated rings. The van der Waals surface area contributed by atoms with E-state index in [1.165, 1.54) is 0 Å². The molecule has 0 aliphatic rings. The topological polar surface area (TPSA) is 12.4 Å². The summed E-state index contributed by atoms with van der Waals surface area (Å²) >= 11 is 0. The second-order valence-electron chi connectivity index (χ2n) is 2.14. The third-order valence-electron chi connectivity index (χ3n) is 1.16. The van der Waals surface area contributed by atoms with Gasteiger partial charge in [-0.25, -0.2) is 0 Å². The number of unbranched alkanes of at least 4 members (excludes halogenated alkanes) is 2. The Morgan fingerprint density at radius 2 is 2.00 bits per heavy atom. The molecule has 0 aromatic carbocycles. The molecule has 0 aromatic heterocycles. The Hall–Kier alpha value is -1.11. The minimum Gasteiger partial charge on any atom is -0.265 e. The predicted molar refractivity (Wildman–Crippen MR) is 51.9 cm³/mol. The van der Waals surface area contributed by atoms with E-state index >= 15 is 0 Å². The van der Waals surface area contributed by atoms with E-state index in [0.717, 1.165) is 19.3 Å². The summed E-state index contributed by atoms with van der Waals surface area (Å²) in [6.07, 6.45) is 12.4. The third-order valence-corrected chi connectivity index (χ3v) is 1.16. The fourth-order valence-electron chi connectivity index (χ4n) is 0.626. The van der Waals surface area contributed by atoms with Crippen LogP contribution in [-0.4, -0.2) is 6.21 Å². The normalized spacial score (nSPS) is 10.9. The Balaban J connectivity index is 3.22. The minimum absolute atomic E-state index is 1.07. The van der Waals surface area contributed by atoms with Gasteiger partial charge in [0.2, 0.25) is 0 Å². The fraction of sp³-hybridized carbons (Fsp3) is 0.300. The maximum Gasteiger partial charge on any atom is 0.0261 e. The first-order chi connectivity index (χ1) is 5.41. The van der Waals surface area contributed by atoms with Crippen molar-refractivity contribution in [2.45, 2.75) is 19.3 Å². The number of allylic oxidation sites excluding steroid dienone is 3. The van der Waals surface area contributed by atoms with Crippen LogP contribution in [0.25, 0.3) is 0 Å². The van der Waals surface area contributed by atoms with Crippen LogP contribution in [0.3, 0.4) is 0 Å². The smallest absolute Gasteiger partial charge is 0.0261 e. The third kappa shape index (κ3) is 8.89. The minimum atomic E-state index is 1.07. The van der Waals surface area contributed by atoms with Gasteiger partial charge < -0.3 is 0 Å². The van der Waals surface area contributed by atoms with Crippen LogP contribution in [0.5, 0.6) is 0 Å². The van der Waals surface area contributed by atoms with Crippen LogP contribution in [0.4, 0.5) is 0 Å². The largest absolute Gasteiger partial charge is 0.265 e. The number of nitrogens with zero attached hydrogens (tertiary/aromatic N) is 1. The molecular weight excluding hydrogens is 134 g/mol. The van der Waals surface area contributed by atoms with Gasteiger partial charge in [-0.1, -0.05) is 24.8 Å². The average molecular weight is 149 g/mol. The SMILES string of the molecule is C=C/C=N\C=C/CCCC=C. The van der Waals surface area contributed by atoms with Crippen molar-refractivity contribution in [2.75, 3.05) is 0 Å². The molecule has 0 atom stereocenters. The summed E-state index contributed by atoms with van der Waals surface area (Å²) in [6.45, 7) is 7.15. The van der Waals surface area contributed by atoms with Gasteiger partial charge >= 0.3 is 0 Å². The quantitative estimate of drug-likeness (QED) is 0.312. The average Bonchev–Trinajstić information content (AvgIpc) is 2.03. The molecule has 0 saturated carbocycles. The summed E-state index contributed by atoms with van der Waals surface area (Å²) in [5.41, 5.74) is 0. The second-order valence-corrected chi connectivity index (χ2v) is 2.14. The molecule has 0 aromatic rings. The van der Waals surface area contributed by atoms with Gasteiger partial charge in [-0.2, -0.15) is 0 Å². The molecule has 0 unspecified atom stereocenters. The first-order valence-corrected chi connectivity index (χ1v) is 3.82. The van der Waals surface area contributed by atoms with Crippen LogP contribution in [0.2, 0.25) is 0 Å². The van der Waals surface area contributed by atoms with Crippen molar-refractivity contribution in [1.82, 2.24) is 0 Å². The fourth-order valence-corrected chi connectivity index (χ4v) is 0.626. The molecule has 0 heterocycles. The predicted octanol–water partition coefficient (Wildman–Crippen LogP) is 3.11. The van der Waals surface area contributed by atoms with Crippen molar-refractivity contribution in [3.63, 3.8) is 0 Å². The van der Waals surface area contributed by atoms with E-state index in [0.29, 0.717) is 0 Å². The first kappa shape index (κ1) is 9.89.